The van der Waals surface area contributed by atoms with Crippen LogP contribution in [0.15, 0.2) is 28.6 Å². The molecule has 0 saturated carbocycles. The molecule has 0 amide bonds. The molecule has 116 valence electrons. The van der Waals surface area contributed by atoms with E-state index in [4.69, 9.17) is 0 Å². The molecule has 0 aliphatic rings. The van der Waals surface area contributed by atoms with E-state index in [0.29, 0.717) is 5.69 Å². The normalized spacial score (nSPS) is 12.2. The zero-order valence-corrected chi connectivity index (χ0v) is 14.0. The Bertz CT molecular complexity index is 714. The average Bonchev–Trinajstić information content (AvgIpc) is 3.02. The zero-order valence-electron chi connectivity index (χ0n) is 12.3. The third kappa shape index (κ3) is 3.55. The topological polar surface area (TPSA) is 71.3 Å². The van der Waals surface area contributed by atoms with Crippen molar-refractivity contribution in [2.45, 2.75) is 44.9 Å². The monoisotopic (exact) mass is 328 g/mol. The Kier molecular flexibility index (Phi) is 4.88. The predicted octanol–water partition coefficient (Wildman–Crippen LogP) is 2.41. The van der Waals surface area contributed by atoms with E-state index in [1.165, 1.54) is 17.4 Å². The highest BCUT2D eigenvalue weighted by Crippen LogP contribution is 2.20. The van der Waals surface area contributed by atoms with Gasteiger partial charge in [0.15, 0.2) is 0 Å². The smallest absolute Gasteiger partial charge is 0.242 e. The molecule has 0 aromatic carbocycles. The lowest BCUT2D eigenvalue weighted by atomic mass is 10.3. The summed E-state index contributed by atoms with van der Waals surface area (Å²) in [5.74, 6) is 0. The quantitative estimate of drug-likeness (QED) is 0.855. The lowest BCUT2D eigenvalue weighted by Crippen LogP contribution is -2.22. The van der Waals surface area contributed by atoms with Gasteiger partial charge < -0.3 is 9.67 Å². The number of hydrogen-bond donors (Lipinski definition) is 2. The van der Waals surface area contributed by atoms with E-state index in [0.717, 1.165) is 10.4 Å². The Labute approximate surface area is 129 Å². The second kappa shape index (κ2) is 6.31. The Hall–Kier alpha value is -1.15. The largest absolute Gasteiger partial charge is 0.390 e. The summed E-state index contributed by atoms with van der Waals surface area (Å²) >= 11 is 1.53. The molecular formula is C14H20N2O3S2. The van der Waals surface area contributed by atoms with Crippen molar-refractivity contribution < 1.29 is 13.5 Å². The van der Waals surface area contributed by atoms with E-state index < -0.39 is 10.0 Å². The van der Waals surface area contributed by atoms with Crippen molar-refractivity contribution in [1.29, 1.82) is 0 Å². The Morgan fingerprint density at radius 2 is 2.14 bits per heavy atom. The lowest BCUT2D eigenvalue weighted by Gasteiger charge is -2.10. The average molecular weight is 328 g/mol. The van der Waals surface area contributed by atoms with Crippen molar-refractivity contribution in [3.05, 3.63) is 39.8 Å². The molecule has 21 heavy (non-hydrogen) atoms. The summed E-state index contributed by atoms with van der Waals surface area (Å²) in [4.78, 5) is 1.19. The van der Waals surface area contributed by atoms with Crippen molar-refractivity contribution in [3.8, 4) is 0 Å². The second-order valence-corrected chi connectivity index (χ2v) is 7.95. The molecule has 0 saturated heterocycles. The van der Waals surface area contributed by atoms with Crippen LogP contribution in [-0.4, -0.2) is 18.1 Å². The number of aryl methyl sites for hydroxylation is 1. The molecule has 0 aliphatic heterocycles. The molecule has 7 heteroatoms. The number of hydrogen-bond acceptors (Lipinski definition) is 4. The molecule has 2 aromatic heterocycles. The molecule has 2 aromatic rings. The van der Waals surface area contributed by atoms with Crippen LogP contribution in [0, 0.1) is 6.92 Å². The maximum atomic E-state index is 12.3. The summed E-state index contributed by atoms with van der Waals surface area (Å²) in [6, 6.07) is 3.58. The first-order valence-electron chi connectivity index (χ1n) is 6.69. The standard InChI is InChI=1S/C14H20N2O3S2/c1-10(2)16-8-13(6-12(16)9-17)21(18,19)15-7-14-11(3)4-5-20-14/h4-6,8,10,15,17H,7,9H2,1-3H3. The fraction of sp³-hybridized carbons (Fsp3) is 0.429. The van der Waals surface area contributed by atoms with E-state index in [2.05, 4.69) is 4.72 Å². The number of aliphatic hydroxyl groups is 1. The molecule has 2 rings (SSSR count). The van der Waals surface area contributed by atoms with Crippen molar-refractivity contribution >= 4 is 21.4 Å². The third-order valence-electron chi connectivity index (χ3n) is 3.33. The number of nitrogens with zero attached hydrogens (tertiary/aromatic N) is 1. The van der Waals surface area contributed by atoms with Gasteiger partial charge in [-0.15, -0.1) is 11.3 Å². The molecule has 2 heterocycles. The van der Waals surface area contributed by atoms with Crippen molar-refractivity contribution in [1.82, 2.24) is 9.29 Å². The lowest BCUT2D eigenvalue weighted by molar-refractivity contribution is 0.268. The number of rotatable bonds is 6. The Balaban J connectivity index is 2.21. The van der Waals surface area contributed by atoms with Crippen LogP contribution in [0.1, 0.15) is 36.0 Å². The van der Waals surface area contributed by atoms with Crippen LogP contribution < -0.4 is 4.72 Å². The highest BCUT2D eigenvalue weighted by molar-refractivity contribution is 7.89. The number of aliphatic hydroxyl groups excluding tert-OH is 1. The summed E-state index contributed by atoms with van der Waals surface area (Å²) in [6.45, 7) is 5.94. The Morgan fingerprint density at radius 1 is 1.43 bits per heavy atom. The van der Waals surface area contributed by atoms with Crippen molar-refractivity contribution in [2.24, 2.45) is 0 Å². The molecule has 0 aliphatic carbocycles. The highest BCUT2D eigenvalue weighted by atomic mass is 32.2. The molecule has 0 unspecified atom stereocenters. The van der Waals surface area contributed by atoms with Crippen LogP contribution >= 0.6 is 11.3 Å². The summed E-state index contributed by atoms with van der Waals surface area (Å²) < 4.78 is 29.1. The molecule has 2 N–H and O–H groups in total. The minimum Gasteiger partial charge on any atom is -0.390 e. The van der Waals surface area contributed by atoms with Crippen molar-refractivity contribution in [2.75, 3.05) is 0 Å². The summed E-state index contributed by atoms with van der Waals surface area (Å²) in [6.07, 6.45) is 1.57. The number of nitrogens with one attached hydrogen (secondary N) is 1. The molecule has 0 fully saturated rings. The van der Waals surface area contributed by atoms with Crippen LogP contribution in [0.4, 0.5) is 0 Å². The minimum absolute atomic E-state index is 0.0932. The van der Waals surface area contributed by atoms with E-state index in [1.807, 2.05) is 32.2 Å². The third-order valence-corrected chi connectivity index (χ3v) is 5.72. The van der Waals surface area contributed by atoms with Crippen LogP contribution in [0.5, 0.6) is 0 Å². The first-order valence-corrected chi connectivity index (χ1v) is 9.05. The van der Waals surface area contributed by atoms with Crippen LogP contribution in [0.25, 0.3) is 0 Å². The van der Waals surface area contributed by atoms with Gasteiger partial charge in [0, 0.05) is 29.4 Å². The predicted molar refractivity (Wildman–Crippen MR) is 83.8 cm³/mol. The van der Waals surface area contributed by atoms with E-state index >= 15 is 0 Å². The Morgan fingerprint density at radius 3 is 2.62 bits per heavy atom. The van der Waals surface area contributed by atoms with E-state index in [1.54, 1.807) is 10.8 Å². The van der Waals surface area contributed by atoms with Gasteiger partial charge in [-0.2, -0.15) is 0 Å². The van der Waals surface area contributed by atoms with Crippen LogP contribution in [-0.2, 0) is 23.2 Å². The molecule has 0 radical (unpaired) electrons. The van der Waals surface area contributed by atoms with Gasteiger partial charge in [-0.25, -0.2) is 13.1 Å². The first-order chi connectivity index (χ1) is 9.85. The minimum atomic E-state index is -3.57. The van der Waals surface area contributed by atoms with Gasteiger partial charge in [-0.05, 0) is 43.8 Å². The van der Waals surface area contributed by atoms with E-state index in [9.17, 15) is 13.5 Å². The molecule has 0 bridgehead atoms. The van der Waals surface area contributed by atoms with E-state index in [-0.39, 0.29) is 24.1 Å². The SMILES string of the molecule is Cc1ccsc1CNS(=O)(=O)c1cc(CO)n(C(C)C)c1. The summed E-state index contributed by atoms with van der Waals surface area (Å²) in [5, 5.41) is 11.3. The van der Waals surface area contributed by atoms with Gasteiger partial charge in [0.1, 0.15) is 0 Å². The molecular weight excluding hydrogens is 308 g/mol. The van der Waals surface area contributed by atoms with Gasteiger partial charge in [0.25, 0.3) is 0 Å². The number of sulfonamides is 1. The van der Waals surface area contributed by atoms with Gasteiger partial charge >= 0.3 is 0 Å². The summed E-state index contributed by atoms with van der Waals surface area (Å²) in [5.41, 5.74) is 1.68. The fourth-order valence-electron chi connectivity index (χ4n) is 2.08. The number of thiophene rings is 1. The maximum Gasteiger partial charge on any atom is 0.242 e. The molecule has 0 spiro atoms. The second-order valence-electron chi connectivity index (χ2n) is 5.18. The van der Waals surface area contributed by atoms with Gasteiger partial charge in [0.2, 0.25) is 10.0 Å². The molecule has 0 atom stereocenters. The highest BCUT2D eigenvalue weighted by Gasteiger charge is 2.19. The van der Waals surface area contributed by atoms with Gasteiger partial charge in [0.05, 0.1) is 11.5 Å². The van der Waals surface area contributed by atoms with Gasteiger partial charge in [-0.1, -0.05) is 0 Å². The zero-order chi connectivity index (χ0) is 15.6. The van der Waals surface area contributed by atoms with Gasteiger partial charge in [-0.3, -0.25) is 0 Å². The first kappa shape index (κ1) is 16.2. The van der Waals surface area contributed by atoms with Crippen molar-refractivity contribution in [3.63, 3.8) is 0 Å². The summed E-state index contributed by atoms with van der Waals surface area (Å²) in [7, 11) is -3.57. The fourth-order valence-corrected chi connectivity index (χ4v) is 4.06. The van der Waals surface area contributed by atoms with Crippen LogP contribution in [0.2, 0.25) is 0 Å². The molecule has 5 nitrogen and oxygen atoms in total. The number of aromatic nitrogens is 1. The van der Waals surface area contributed by atoms with Crippen LogP contribution in [0.3, 0.4) is 0 Å². The maximum absolute atomic E-state index is 12.3.